The lowest BCUT2D eigenvalue weighted by molar-refractivity contribution is -0.384. The number of rotatable bonds is 5. The van der Waals surface area contributed by atoms with Crippen LogP contribution in [0.25, 0.3) is 11.3 Å². The number of amides is 1. The number of nitrogens with zero attached hydrogens (tertiary/aromatic N) is 2. The fourth-order valence-corrected chi connectivity index (χ4v) is 2.92. The lowest BCUT2D eigenvalue weighted by Gasteiger charge is -2.03. The molecule has 0 unspecified atom stereocenters. The Bertz CT molecular complexity index is 904. The predicted octanol–water partition coefficient (Wildman–Crippen LogP) is 4.42. The molecule has 0 aliphatic carbocycles. The van der Waals surface area contributed by atoms with Crippen molar-refractivity contribution in [2.45, 2.75) is 6.92 Å². The van der Waals surface area contributed by atoms with Gasteiger partial charge in [-0.25, -0.2) is 4.98 Å². The van der Waals surface area contributed by atoms with Gasteiger partial charge in [-0.15, -0.1) is 11.3 Å². The third-order valence-corrected chi connectivity index (χ3v) is 4.09. The molecule has 3 aromatic rings. The quantitative estimate of drug-likeness (QED) is 0.522. The Hall–Kier alpha value is -3.26. The first-order valence-electron chi connectivity index (χ1n) is 7.36. The molecule has 25 heavy (non-hydrogen) atoms. The third-order valence-electron chi connectivity index (χ3n) is 3.33. The molecular weight excluding hydrogens is 340 g/mol. The standard InChI is InChI=1S/C17H14N4O3S/c1-11(22)18-13-4-2-12(3-5-13)16-10-25-17(20-16)19-14-6-8-15(9-7-14)21(23)24/h2-10H,1H3,(H,18,22)(H,19,20). The summed E-state index contributed by atoms with van der Waals surface area (Å²) in [6, 6.07) is 13.6. The van der Waals surface area contributed by atoms with Gasteiger partial charge in [-0.3, -0.25) is 14.9 Å². The van der Waals surface area contributed by atoms with E-state index in [4.69, 9.17) is 0 Å². The van der Waals surface area contributed by atoms with E-state index in [-0.39, 0.29) is 11.6 Å². The van der Waals surface area contributed by atoms with Crippen LogP contribution < -0.4 is 10.6 Å². The molecule has 0 radical (unpaired) electrons. The minimum Gasteiger partial charge on any atom is -0.332 e. The van der Waals surface area contributed by atoms with Gasteiger partial charge in [0.1, 0.15) is 0 Å². The van der Waals surface area contributed by atoms with E-state index in [1.807, 2.05) is 29.6 Å². The first kappa shape index (κ1) is 16.6. The van der Waals surface area contributed by atoms with E-state index in [9.17, 15) is 14.9 Å². The molecular formula is C17H14N4O3S. The van der Waals surface area contributed by atoms with E-state index in [1.165, 1.54) is 30.4 Å². The number of thiazole rings is 1. The summed E-state index contributed by atoms with van der Waals surface area (Å²) in [7, 11) is 0. The number of non-ortho nitro benzene ring substituents is 1. The van der Waals surface area contributed by atoms with Gasteiger partial charge in [0.25, 0.3) is 5.69 Å². The monoisotopic (exact) mass is 354 g/mol. The zero-order chi connectivity index (χ0) is 17.8. The van der Waals surface area contributed by atoms with Crippen molar-refractivity contribution in [2.24, 2.45) is 0 Å². The lowest BCUT2D eigenvalue weighted by atomic mass is 10.1. The molecule has 0 spiro atoms. The van der Waals surface area contributed by atoms with Crippen molar-refractivity contribution in [1.82, 2.24) is 4.98 Å². The predicted molar refractivity (Wildman–Crippen MR) is 98.2 cm³/mol. The van der Waals surface area contributed by atoms with Crippen molar-refractivity contribution >= 4 is 39.4 Å². The highest BCUT2D eigenvalue weighted by Crippen LogP contribution is 2.28. The van der Waals surface area contributed by atoms with Crippen LogP contribution in [0.4, 0.5) is 22.2 Å². The number of nitrogens with one attached hydrogen (secondary N) is 2. The van der Waals surface area contributed by atoms with E-state index in [1.54, 1.807) is 12.1 Å². The van der Waals surface area contributed by atoms with E-state index in [0.29, 0.717) is 5.13 Å². The van der Waals surface area contributed by atoms with Crippen molar-refractivity contribution in [3.8, 4) is 11.3 Å². The highest BCUT2D eigenvalue weighted by atomic mass is 32.1. The van der Waals surface area contributed by atoms with Gasteiger partial charge in [0, 0.05) is 41.4 Å². The maximum atomic E-state index is 11.0. The first-order chi connectivity index (χ1) is 12.0. The maximum absolute atomic E-state index is 11.0. The van der Waals surface area contributed by atoms with Crippen LogP contribution in [0.1, 0.15) is 6.92 Å². The number of aromatic nitrogens is 1. The molecule has 3 rings (SSSR count). The number of nitro benzene ring substituents is 1. The summed E-state index contributed by atoms with van der Waals surface area (Å²) in [6.45, 7) is 1.46. The molecule has 0 saturated carbocycles. The molecule has 0 atom stereocenters. The maximum Gasteiger partial charge on any atom is 0.269 e. The molecule has 2 N–H and O–H groups in total. The molecule has 8 heteroatoms. The van der Waals surface area contributed by atoms with E-state index >= 15 is 0 Å². The molecule has 0 aliphatic rings. The zero-order valence-corrected chi connectivity index (χ0v) is 14.0. The van der Waals surface area contributed by atoms with Crippen LogP contribution in [0.5, 0.6) is 0 Å². The molecule has 7 nitrogen and oxygen atoms in total. The number of hydrogen-bond donors (Lipinski definition) is 2. The van der Waals surface area contributed by atoms with Crippen LogP contribution in [-0.2, 0) is 4.79 Å². The Morgan fingerprint density at radius 3 is 2.32 bits per heavy atom. The fraction of sp³-hybridized carbons (Fsp3) is 0.0588. The summed E-state index contributed by atoms with van der Waals surface area (Å²) in [5.41, 5.74) is 3.25. The smallest absolute Gasteiger partial charge is 0.269 e. The van der Waals surface area contributed by atoms with Crippen molar-refractivity contribution < 1.29 is 9.72 Å². The van der Waals surface area contributed by atoms with Crippen molar-refractivity contribution in [2.75, 3.05) is 10.6 Å². The van der Waals surface area contributed by atoms with Crippen LogP contribution in [0.2, 0.25) is 0 Å². The second-order valence-electron chi connectivity index (χ2n) is 5.23. The van der Waals surface area contributed by atoms with Gasteiger partial charge in [-0.2, -0.15) is 0 Å². The van der Waals surface area contributed by atoms with Gasteiger partial charge in [0.15, 0.2) is 5.13 Å². The second kappa shape index (κ2) is 7.10. The molecule has 0 bridgehead atoms. The van der Waals surface area contributed by atoms with E-state index in [0.717, 1.165) is 22.6 Å². The highest BCUT2D eigenvalue weighted by Gasteiger charge is 2.07. The molecule has 0 aliphatic heterocycles. The average Bonchev–Trinajstić information content (AvgIpc) is 3.04. The van der Waals surface area contributed by atoms with E-state index < -0.39 is 4.92 Å². The molecule has 0 fully saturated rings. The number of hydrogen-bond acceptors (Lipinski definition) is 6. The first-order valence-corrected chi connectivity index (χ1v) is 8.24. The van der Waals surface area contributed by atoms with Gasteiger partial charge in [-0.05, 0) is 24.3 Å². The molecule has 1 amide bonds. The van der Waals surface area contributed by atoms with Crippen LogP contribution in [0.15, 0.2) is 53.9 Å². The highest BCUT2D eigenvalue weighted by molar-refractivity contribution is 7.14. The summed E-state index contributed by atoms with van der Waals surface area (Å²) < 4.78 is 0. The fourth-order valence-electron chi connectivity index (χ4n) is 2.18. The Morgan fingerprint density at radius 1 is 1.08 bits per heavy atom. The summed E-state index contributed by atoms with van der Waals surface area (Å²) in [5.74, 6) is -0.115. The summed E-state index contributed by atoms with van der Waals surface area (Å²) >= 11 is 1.44. The second-order valence-corrected chi connectivity index (χ2v) is 6.08. The lowest BCUT2D eigenvalue weighted by Crippen LogP contribution is -2.05. The Labute approximate surface area is 147 Å². The van der Waals surface area contributed by atoms with Crippen molar-refractivity contribution in [3.05, 3.63) is 64.0 Å². The van der Waals surface area contributed by atoms with E-state index in [2.05, 4.69) is 15.6 Å². The number of benzene rings is 2. The zero-order valence-electron chi connectivity index (χ0n) is 13.2. The summed E-state index contributed by atoms with van der Waals surface area (Å²) in [6.07, 6.45) is 0. The van der Waals surface area contributed by atoms with Crippen molar-refractivity contribution in [1.29, 1.82) is 0 Å². The van der Waals surface area contributed by atoms with Crippen LogP contribution in [0.3, 0.4) is 0 Å². The summed E-state index contributed by atoms with van der Waals surface area (Å²) in [4.78, 5) is 25.8. The molecule has 1 aromatic heterocycles. The SMILES string of the molecule is CC(=O)Nc1ccc(-c2csc(Nc3ccc([N+](=O)[O-])cc3)n2)cc1. The Kier molecular flexibility index (Phi) is 4.71. The van der Waals surface area contributed by atoms with Crippen LogP contribution >= 0.6 is 11.3 Å². The molecule has 1 heterocycles. The molecule has 2 aromatic carbocycles. The minimum absolute atomic E-state index is 0.0460. The van der Waals surface area contributed by atoms with Gasteiger partial charge >= 0.3 is 0 Å². The van der Waals surface area contributed by atoms with Gasteiger partial charge in [0.05, 0.1) is 10.6 Å². The normalized spacial score (nSPS) is 10.3. The van der Waals surface area contributed by atoms with Gasteiger partial charge in [0.2, 0.25) is 5.91 Å². The number of carbonyl (C=O) groups excluding carboxylic acids is 1. The topological polar surface area (TPSA) is 97.2 Å². The van der Waals surface area contributed by atoms with Gasteiger partial charge in [-0.1, -0.05) is 12.1 Å². The van der Waals surface area contributed by atoms with Crippen LogP contribution in [0, 0.1) is 10.1 Å². The third kappa shape index (κ3) is 4.18. The Morgan fingerprint density at radius 2 is 1.72 bits per heavy atom. The molecule has 126 valence electrons. The van der Waals surface area contributed by atoms with Crippen molar-refractivity contribution in [3.63, 3.8) is 0 Å². The Balaban J connectivity index is 1.71. The largest absolute Gasteiger partial charge is 0.332 e. The number of carbonyl (C=O) groups is 1. The number of anilines is 3. The van der Waals surface area contributed by atoms with Crippen LogP contribution in [-0.4, -0.2) is 15.8 Å². The van der Waals surface area contributed by atoms with Gasteiger partial charge < -0.3 is 10.6 Å². The minimum atomic E-state index is -0.435. The average molecular weight is 354 g/mol. The molecule has 0 saturated heterocycles. The number of nitro groups is 1. The summed E-state index contributed by atoms with van der Waals surface area (Å²) in [5, 5.41) is 19.1.